The molecule has 3 rings (SSSR count). The lowest BCUT2D eigenvalue weighted by Crippen LogP contribution is -2.05. The number of ketones is 1. The number of aryl methyl sites for hydroxylation is 1. The third kappa shape index (κ3) is 4.21. The minimum atomic E-state index is -0.130. The third-order valence-corrected chi connectivity index (χ3v) is 4.49. The number of aromatic nitrogens is 2. The first kappa shape index (κ1) is 19.1. The van der Waals surface area contributed by atoms with E-state index in [-0.39, 0.29) is 11.0 Å². The average Bonchev–Trinajstić information content (AvgIpc) is 3.04. The molecule has 27 heavy (non-hydrogen) atoms. The highest BCUT2D eigenvalue weighted by molar-refractivity contribution is 6.68. The van der Waals surface area contributed by atoms with Crippen LogP contribution in [0.4, 0.5) is 5.82 Å². The van der Waals surface area contributed by atoms with Crippen LogP contribution in [0, 0.1) is 5.41 Å². The number of hydrogen-bond donors (Lipinski definition) is 3. The molecule has 2 heterocycles. The molecule has 3 aromatic rings. The molecule has 7 heteroatoms. The van der Waals surface area contributed by atoms with E-state index < -0.39 is 0 Å². The number of nitrogens with zero attached hydrogens (tertiary/aromatic N) is 1. The standard InChI is InChI=1S/C20H18Cl2N4O/c1-3-12-5-4-6-24-20(12)26-17(10-18(22)23)16-8-13-7-14(21)9-15(11(2)27)19(13)25-16/h4-10,23,25H,3H2,1-2H3,(H,24,26)/b17-10-,23-18?. The van der Waals surface area contributed by atoms with Crippen molar-refractivity contribution in [2.75, 3.05) is 5.32 Å². The molecule has 0 radical (unpaired) electrons. The van der Waals surface area contributed by atoms with E-state index in [1.54, 1.807) is 18.3 Å². The Balaban J connectivity index is 2.12. The first-order chi connectivity index (χ1) is 12.9. The molecule has 138 valence electrons. The molecule has 0 amide bonds. The van der Waals surface area contributed by atoms with Crippen molar-refractivity contribution in [2.45, 2.75) is 20.3 Å². The van der Waals surface area contributed by atoms with Crippen molar-refractivity contribution in [1.29, 1.82) is 5.41 Å². The van der Waals surface area contributed by atoms with Crippen molar-refractivity contribution < 1.29 is 4.79 Å². The van der Waals surface area contributed by atoms with Gasteiger partial charge in [-0.2, -0.15) is 0 Å². The fourth-order valence-corrected chi connectivity index (χ4v) is 3.24. The molecule has 2 aromatic heterocycles. The van der Waals surface area contributed by atoms with E-state index >= 15 is 0 Å². The van der Waals surface area contributed by atoms with Crippen LogP contribution < -0.4 is 5.32 Å². The molecule has 0 saturated heterocycles. The number of carbonyl (C=O) groups excluding carboxylic acids is 1. The molecular weight excluding hydrogens is 383 g/mol. The second-order valence-electron chi connectivity index (χ2n) is 6.05. The maximum absolute atomic E-state index is 12.0. The highest BCUT2D eigenvalue weighted by atomic mass is 35.5. The maximum atomic E-state index is 12.0. The first-order valence-corrected chi connectivity index (χ1v) is 9.15. The summed E-state index contributed by atoms with van der Waals surface area (Å²) < 4.78 is 0. The number of H-pyrrole nitrogens is 1. The van der Waals surface area contributed by atoms with Crippen LogP contribution in [-0.2, 0) is 6.42 Å². The Morgan fingerprint density at radius 3 is 2.81 bits per heavy atom. The summed E-state index contributed by atoms with van der Waals surface area (Å²) in [7, 11) is 0. The van der Waals surface area contributed by atoms with Crippen LogP contribution in [0.2, 0.25) is 5.02 Å². The summed E-state index contributed by atoms with van der Waals surface area (Å²) in [5.74, 6) is 0.602. The fourth-order valence-electron chi connectivity index (χ4n) is 2.90. The summed E-state index contributed by atoms with van der Waals surface area (Å²) in [4.78, 5) is 19.6. The van der Waals surface area contributed by atoms with Gasteiger partial charge in [-0.15, -0.1) is 0 Å². The van der Waals surface area contributed by atoms with Crippen molar-refractivity contribution in [3.8, 4) is 0 Å². The molecule has 0 saturated carbocycles. The second kappa shape index (κ2) is 7.94. The van der Waals surface area contributed by atoms with Gasteiger partial charge in [0.1, 0.15) is 11.0 Å². The monoisotopic (exact) mass is 400 g/mol. The zero-order valence-corrected chi connectivity index (χ0v) is 16.4. The Hall–Kier alpha value is -2.63. The Morgan fingerprint density at radius 2 is 2.15 bits per heavy atom. The third-order valence-electron chi connectivity index (χ3n) is 4.16. The molecule has 0 bridgehead atoms. The first-order valence-electron chi connectivity index (χ1n) is 8.39. The fraction of sp³-hybridized carbons (Fsp3) is 0.150. The topological polar surface area (TPSA) is 81.6 Å². The Bertz CT molecular complexity index is 1070. The molecule has 0 aliphatic heterocycles. The smallest absolute Gasteiger partial charge is 0.161 e. The summed E-state index contributed by atoms with van der Waals surface area (Å²) in [6, 6.07) is 9.14. The van der Waals surface area contributed by atoms with Gasteiger partial charge in [0.25, 0.3) is 0 Å². The van der Waals surface area contributed by atoms with Gasteiger partial charge in [0.15, 0.2) is 5.78 Å². The van der Waals surface area contributed by atoms with E-state index in [1.165, 1.54) is 13.0 Å². The predicted molar refractivity (Wildman–Crippen MR) is 112 cm³/mol. The Labute approximate surface area is 166 Å². The Morgan fingerprint density at radius 1 is 1.37 bits per heavy atom. The number of carbonyl (C=O) groups is 1. The van der Waals surface area contributed by atoms with Crippen molar-refractivity contribution in [2.24, 2.45) is 0 Å². The predicted octanol–water partition coefficient (Wildman–Crippen LogP) is 5.65. The van der Waals surface area contributed by atoms with Crippen LogP contribution in [-0.4, -0.2) is 20.9 Å². The maximum Gasteiger partial charge on any atom is 0.161 e. The van der Waals surface area contributed by atoms with Gasteiger partial charge in [-0.3, -0.25) is 10.2 Å². The van der Waals surface area contributed by atoms with Crippen LogP contribution in [0.1, 0.15) is 35.5 Å². The minimum absolute atomic E-state index is 0.0857. The van der Waals surface area contributed by atoms with Gasteiger partial charge in [-0.25, -0.2) is 4.98 Å². The summed E-state index contributed by atoms with van der Waals surface area (Å²) in [6.07, 6.45) is 4.00. The van der Waals surface area contributed by atoms with Gasteiger partial charge < -0.3 is 10.3 Å². The molecule has 1 aromatic carbocycles. The molecule has 0 spiro atoms. The highest BCUT2D eigenvalue weighted by Gasteiger charge is 2.14. The van der Waals surface area contributed by atoms with Gasteiger partial charge >= 0.3 is 0 Å². The average molecular weight is 401 g/mol. The molecule has 0 aliphatic rings. The van der Waals surface area contributed by atoms with Gasteiger partial charge in [0.05, 0.1) is 16.9 Å². The SMILES string of the molecule is CCc1cccnc1N/C(=C\C(=N)Cl)c1cc2cc(Cl)cc(C(C)=O)c2[nH]1. The van der Waals surface area contributed by atoms with E-state index in [0.29, 0.717) is 33.3 Å². The quantitative estimate of drug-likeness (QED) is 0.369. The zero-order chi connectivity index (χ0) is 19.6. The van der Waals surface area contributed by atoms with E-state index in [0.717, 1.165) is 17.4 Å². The number of hydrogen-bond acceptors (Lipinski definition) is 4. The molecule has 0 fully saturated rings. The largest absolute Gasteiger partial charge is 0.353 e. The summed E-state index contributed by atoms with van der Waals surface area (Å²) in [6.45, 7) is 3.54. The number of halogens is 2. The van der Waals surface area contributed by atoms with Gasteiger partial charge in [-0.1, -0.05) is 36.2 Å². The van der Waals surface area contributed by atoms with Crippen LogP contribution in [0.3, 0.4) is 0 Å². The van der Waals surface area contributed by atoms with Crippen LogP contribution in [0.25, 0.3) is 16.6 Å². The number of benzene rings is 1. The lowest BCUT2D eigenvalue weighted by atomic mass is 10.1. The number of rotatable bonds is 6. The van der Waals surface area contributed by atoms with Crippen LogP contribution in [0.5, 0.6) is 0 Å². The number of anilines is 1. The van der Waals surface area contributed by atoms with E-state index in [1.807, 2.05) is 25.1 Å². The summed E-state index contributed by atoms with van der Waals surface area (Å²) >= 11 is 12.0. The van der Waals surface area contributed by atoms with Crippen molar-refractivity contribution in [3.63, 3.8) is 0 Å². The number of Topliss-reactive ketones (excluding diaryl/α,β-unsaturated/α-hetero) is 1. The van der Waals surface area contributed by atoms with Crippen molar-refractivity contribution >= 4 is 56.6 Å². The van der Waals surface area contributed by atoms with E-state index in [2.05, 4.69) is 15.3 Å². The lowest BCUT2D eigenvalue weighted by Gasteiger charge is -2.12. The molecule has 3 N–H and O–H groups in total. The number of nitrogens with one attached hydrogen (secondary N) is 3. The van der Waals surface area contributed by atoms with E-state index in [4.69, 9.17) is 28.6 Å². The van der Waals surface area contributed by atoms with Crippen LogP contribution >= 0.6 is 23.2 Å². The number of pyridine rings is 1. The van der Waals surface area contributed by atoms with Gasteiger partial charge in [0, 0.05) is 28.2 Å². The molecule has 0 atom stereocenters. The Kier molecular flexibility index (Phi) is 5.63. The number of aromatic amines is 1. The number of fused-ring (bicyclic) bond motifs is 1. The van der Waals surface area contributed by atoms with Gasteiger partial charge in [-0.05, 0) is 43.2 Å². The minimum Gasteiger partial charge on any atom is -0.353 e. The molecule has 5 nitrogen and oxygen atoms in total. The number of allylic oxidation sites excluding steroid dienone is 1. The molecular formula is C20H18Cl2N4O. The summed E-state index contributed by atoms with van der Waals surface area (Å²) in [5, 5.41) is 12.1. The van der Waals surface area contributed by atoms with Crippen LogP contribution in [0.15, 0.2) is 42.6 Å². The molecule has 0 aliphatic carbocycles. The van der Waals surface area contributed by atoms with Crippen molar-refractivity contribution in [1.82, 2.24) is 9.97 Å². The van der Waals surface area contributed by atoms with E-state index in [9.17, 15) is 4.79 Å². The van der Waals surface area contributed by atoms with Crippen molar-refractivity contribution in [3.05, 3.63) is 64.4 Å². The molecule has 0 unspecified atom stereocenters. The zero-order valence-electron chi connectivity index (χ0n) is 14.9. The highest BCUT2D eigenvalue weighted by Crippen LogP contribution is 2.29. The second-order valence-corrected chi connectivity index (χ2v) is 6.90. The normalized spacial score (nSPS) is 11.6. The summed E-state index contributed by atoms with van der Waals surface area (Å²) in [5.41, 5.74) is 3.48. The lowest BCUT2D eigenvalue weighted by molar-refractivity contribution is 0.101. The van der Waals surface area contributed by atoms with Gasteiger partial charge in [0.2, 0.25) is 0 Å².